The Bertz CT molecular complexity index is 1520. The highest BCUT2D eigenvalue weighted by molar-refractivity contribution is 7.99. The van der Waals surface area contributed by atoms with Crippen LogP contribution in [-0.2, 0) is 0 Å². The molecule has 0 bridgehead atoms. The fraction of sp³-hybridized carbons (Fsp3) is 0. The van der Waals surface area contributed by atoms with Crippen molar-refractivity contribution in [2.24, 2.45) is 0 Å². The molecule has 0 unspecified atom stereocenters. The summed E-state index contributed by atoms with van der Waals surface area (Å²) in [5, 5.41) is 16.2. The number of amides is 1. The summed E-state index contributed by atoms with van der Waals surface area (Å²) >= 11 is 1.48. The van der Waals surface area contributed by atoms with Crippen LogP contribution in [0.4, 0.5) is 5.82 Å². The van der Waals surface area contributed by atoms with Crippen molar-refractivity contribution < 1.29 is 4.79 Å². The summed E-state index contributed by atoms with van der Waals surface area (Å²) in [6.07, 6.45) is 5.60. The number of nitrogens with zero attached hydrogens (tertiary/aromatic N) is 2. The number of benzene rings is 2. The lowest BCUT2D eigenvalue weighted by molar-refractivity contribution is 0.102. The average molecular weight is 455 g/mol. The minimum atomic E-state index is -0.310. The Morgan fingerprint density at radius 2 is 1.85 bits per heavy atom. The van der Waals surface area contributed by atoms with Crippen molar-refractivity contribution in [3.63, 3.8) is 0 Å². The Balaban J connectivity index is 1.37. The van der Waals surface area contributed by atoms with Crippen LogP contribution >= 0.6 is 11.8 Å². The maximum absolute atomic E-state index is 12.7. The lowest BCUT2D eigenvalue weighted by Gasteiger charge is -2.09. The molecule has 5 rings (SSSR count). The number of nitrogens with one attached hydrogen (secondary N) is 4. The van der Waals surface area contributed by atoms with E-state index in [1.165, 1.54) is 17.8 Å². The minimum Gasteiger partial charge on any atom is -0.307 e. The van der Waals surface area contributed by atoms with E-state index in [0.717, 1.165) is 32.1 Å². The summed E-state index contributed by atoms with van der Waals surface area (Å²) in [6.45, 7) is 0. The van der Waals surface area contributed by atoms with Gasteiger partial charge in [-0.25, -0.2) is 0 Å². The number of carbonyl (C=O) groups excluding carboxylic acids is 1. The first-order valence-corrected chi connectivity index (χ1v) is 10.9. The molecule has 9 heteroatoms. The van der Waals surface area contributed by atoms with E-state index in [4.69, 9.17) is 0 Å². The summed E-state index contributed by atoms with van der Waals surface area (Å²) in [6, 6.07) is 20.4. The number of rotatable bonds is 6. The van der Waals surface area contributed by atoms with Gasteiger partial charge in [0, 0.05) is 27.4 Å². The second-order valence-electron chi connectivity index (χ2n) is 7.13. The molecule has 4 N–H and O–H groups in total. The molecule has 1 amide bonds. The highest BCUT2D eigenvalue weighted by Gasteiger charge is 2.14. The average Bonchev–Trinajstić information content (AvgIpc) is 3.44. The van der Waals surface area contributed by atoms with E-state index in [0.29, 0.717) is 11.4 Å². The van der Waals surface area contributed by atoms with E-state index in [1.807, 2.05) is 60.7 Å². The molecule has 0 saturated carbocycles. The van der Waals surface area contributed by atoms with Crippen LogP contribution in [-0.4, -0.2) is 31.3 Å². The molecule has 0 radical (unpaired) electrons. The first-order valence-electron chi connectivity index (χ1n) is 10.1. The Hall–Kier alpha value is -4.37. The van der Waals surface area contributed by atoms with Crippen molar-refractivity contribution in [1.82, 2.24) is 25.4 Å². The van der Waals surface area contributed by atoms with Gasteiger partial charge in [0.2, 0.25) is 0 Å². The molecular weight excluding hydrogens is 436 g/mol. The molecule has 33 heavy (non-hydrogen) atoms. The molecule has 3 aromatic heterocycles. The van der Waals surface area contributed by atoms with Crippen LogP contribution in [0.2, 0.25) is 0 Å². The van der Waals surface area contributed by atoms with Crippen molar-refractivity contribution in [3.05, 3.63) is 100 Å². The minimum absolute atomic E-state index is 0.307. The maximum atomic E-state index is 12.7. The molecule has 3 heterocycles. The van der Waals surface area contributed by atoms with Gasteiger partial charge < -0.3 is 5.32 Å². The van der Waals surface area contributed by atoms with Gasteiger partial charge in [0.05, 0.1) is 22.5 Å². The number of pyridine rings is 1. The van der Waals surface area contributed by atoms with Crippen molar-refractivity contribution >= 4 is 46.5 Å². The molecule has 0 saturated heterocycles. The van der Waals surface area contributed by atoms with Crippen molar-refractivity contribution in [2.45, 2.75) is 9.79 Å². The predicted octanol–water partition coefficient (Wildman–Crippen LogP) is 4.55. The molecule has 162 valence electrons. The summed E-state index contributed by atoms with van der Waals surface area (Å²) in [7, 11) is 0. The molecule has 8 nitrogen and oxygen atoms in total. The van der Waals surface area contributed by atoms with Crippen LogP contribution in [0, 0.1) is 0 Å². The Kier molecular flexibility index (Phi) is 5.61. The number of aromatic amines is 3. The number of aromatic nitrogens is 5. The first kappa shape index (κ1) is 20.5. The Labute approximate surface area is 192 Å². The van der Waals surface area contributed by atoms with Gasteiger partial charge >= 0.3 is 0 Å². The fourth-order valence-electron chi connectivity index (χ4n) is 3.31. The molecule has 0 aliphatic heterocycles. The third-order valence-corrected chi connectivity index (χ3v) is 5.93. The summed E-state index contributed by atoms with van der Waals surface area (Å²) in [5.41, 5.74) is 2.78. The Morgan fingerprint density at radius 1 is 0.970 bits per heavy atom. The van der Waals surface area contributed by atoms with Crippen LogP contribution in [0.1, 0.15) is 21.7 Å². The normalized spacial score (nSPS) is 11.3. The third-order valence-electron chi connectivity index (χ3n) is 4.87. The number of anilines is 1. The van der Waals surface area contributed by atoms with Gasteiger partial charge in [0.25, 0.3) is 11.5 Å². The van der Waals surface area contributed by atoms with Crippen LogP contribution in [0.5, 0.6) is 0 Å². The maximum Gasteiger partial charge on any atom is 0.266 e. The molecule has 2 aromatic carbocycles. The summed E-state index contributed by atoms with van der Waals surface area (Å²) in [5.74, 6) is 0.00730. The lowest BCUT2D eigenvalue weighted by Crippen LogP contribution is -2.13. The molecule has 0 atom stereocenters. The van der Waals surface area contributed by atoms with Crippen LogP contribution in [0.15, 0.2) is 87.5 Å². The predicted molar refractivity (Wildman–Crippen MR) is 129 cm³/mol. The first-order chi connectivity index (χ1) is 16.2. The van der Waals surface area contributed by atoms with E-state index in [9.17, 15) is 9.59 Å². The number of hydrogen-bond donors (Lipinski definition) is 4. The van der Waals surface area contributed by atoms with Gasteiger partial charge in [0.1, 0.15) is 5.82 Å². The van der Waals surface area contributed by atoms with E-state index < -0.39 is 0 Å². The van der Waals surface area contributed by atoms with Gasteiger partial charge in [-0.05, 0) is 54.6 Å². The molecule has 0 fully saturated rings. The standard InChI is InChI=1S/C24H18N6O2S/c31-23-14-22(29-30-23)26-24(32)18-6-1-2-7-21(18)33-16-9-10-17-19(27-28-20(17)13-16)11-8-15-5-3-4-12-25-15/h1-14H,(H,27,28)(H3,26,29,30,31,32)/b11-8+. The number of hydrogen-bond acceptors (Lipinski definition) is 5. The molecule has 5 aromatic rings. The number of H-pyrrole nitrogens is 3. The van der Waals surface area contributed by atoms with Gasteiger partial charge in [-0.3, -0.25) is 29.9 Å². The smallest absolute Gasteiger partial charge is 0.266 e. The van der Waals surface area contributed by atoms with Crippen molar-refractivity contribution in [3.8, 4) is 0 Å². The zero-order valence-electron chi connectivity index (χ0n) is 17.2. The van der Waals surface area contributed by atoms with Gasteiger partial charge in [-0.15, -0.1) is 0 Å². The van der Waals surface area contributed by atoms with Crippen molar-refractivity contribution in [1.29, 1.82) is 0 Å². The zero-order chi connectivity index (χ0) is 22.6. The van der Waals surface area contributed by atoms with E-state index in [2.05, 4.69) is 30.7 Å². The van der Waals surface area contributed by atoms with Crippen LogP contribution in [0.25, 0.3) is 23.1 Å². The third kappa shape index (κ3) is 4.63. The van der Waals surface area contributed by atoms with Crippen LogP contribution in [0.3, 0.4) is 0 Å². The summed E-state index contributed by atoms with van der Waals surface area (Å²) in [4.78, 5) is 30.1. The fourth-order valence-corrected chi connectivity index (χ4v) is 4.29. The van der Waals surface area contributed by atoms with E-state index in [-0.39, 0.29) is 11.5 Å². The zero-order valence-corrected chi connectivity index (χ0v) is 18.0. The highest BCUT2D eigenvalue weighted by Crippen LogP contribution is 2.33. The molecule has 0 aliphatic rings. The second-order valence-corrected chi connectivity index (χ2v) is 8.24. The SMILES string of the molecule is O=C(Nc1cc(=O)[nH][nH]1)c1ccccc1Sc1ccc2c(/C=C/c3ccccn3)n[nH]c2c1. The van der Waals surface area contributed by atoms with E-state index in [1.54, 1.807) is 18.3 Å². The van der Waals surface area contributed by atoms with Gasteiger partial charge in [-0.1, -0.05) is 30.0 Å². The summed E-state index contributed by atoms with van der Waals surface area (Å²) < 4.78 is 0. The molecule has 0 aliphatic carbocycles. The van der Waals surface area contributed by atoms with Gasteiger partial charge in [-0.2, -0.15) is 5.10 Å². The van der Waals surface area contributed by atoms with Gasteiger partial charge in [0.15, 0.2) is 0 Å². The van der Waals surface area contributed by atoms with E-state index >= 15 is 0 Å². The topological polar surface area (TPSA) is 119 Å². The largest absolute Gasteiger partial charge is 0.307 e. The highest BCUT2D eigenvalue weighted by atomic mass is 32.2. The van der Waals surface area contributed by atoms with Crippen LogP contribution < -0.4 is 10.9 Å². The number of carbonyl (C=O) groups is 1. The molecular formula is C24H18N6O2S. The quantitative estimate of drug-likeness (QED) is 0.300. The lowest BCUT2D eigenvalue weighted by atomic mass is 10.2. The number of fused-ring (bicyclic) bond motifs is 1. The Morgan fingerprint density at radius 3 is 2.67 bits per heavy atom. The second kappa shape index (κ2) is 9.01. The molecule has 0 spiro atoms. The monoisotopic (exact) mass is 454 g/mol. The van der Waals surface area contributed by atoms with Crippen molar-refractivity contribution in [2.75, 3.05) is 5.32 Å².